The highest BCUT2D eigenvalue weighted by atomic mass is 16.5. The molecule has 0 bridgehead atoms. The molecule has 3 rings (SSSR count). The second kappa shape index (κ2) is 9.68. The lowest BCUT2D eigenvalue weighted by Gasteiger charge is -2.09. The van der Waals surface area contributed by atoms with E-state index in [1.54, 1.807) is 6.07 Å². The monoisotopic (exact) mass is 391 g/mol. The summed E-state index contributed by atoms with van der Waals surface area (Å²) < 4.78 is 6.82. The van der Waals surface area contributed by atoms with E-state index in [0.29, 0.717) is 31.8 Å². The van der Waals surface area contributed by atoms with E-state index < -0.39 is 0 Å². The Morgan fingerprint density at radius 1 is 1.03 bits per heavy atom. The van der Waals surface area contributed by atoms with Crippen molar-refractivity contribution >= 4 is 5.91 Å². The fourth-order valence-electron chi connectivity index (χ4n) is 2.91. The van der Waals surface area contributed by atoms with Gasteiger partial charge in [-0.1, -0.05) is 29.8 Å². The Morgan fingerprint density at radius 2 is 1.76 bits per heavy atom. The Bertz CT molecular complexity index is 1010. The summed E-state index contributed by atoms with van der Waals surface area (Å²) in [5, 5.41) is 7.27. The third kappa shape index (κ3) is 5.78. The second-order valence-electron chi connectivity index (χ2n) is 6.75. The first-order valence-corrected chi connectivity index (χ1v) is 9.69. The third-order valence-corrected chi connectivity index (χ3v) is 4.46. The van der Waals surface area contributed by atoms with Gasteiger partial charge in [-0.3, -0.25) is 9.59 Å². The average molecular weight is 391 g/mol. The molecule has 0 aliphatic heterocycles. The number of aromatic nitrogens is 2. The van der Waals surface area contributed by atoms with E-state index in [2.05, 4.69) is 10.4 Å². The van der Waals surface area contributed by atoms with Crippen molar-refractivity contribution in [2.24, 2.45) is 0 Å². The Morgan fingerprint density at radius 3 is 2.45 bits per heavy atom. The lowest BCUT2D eigenvalue weighted by atomic mass is 10.1. The van der Waals surface area contributed by atoms with Crippen LogP contribution in [-0.2, 0) is 17.8 Å². The Hall–Kier alpha value is -3.41. The van der Waals surface area contributed by atoms with E-state index in [4.69, 9.17) is 4.74 Å². The molecule has 0 unspecified atom stereocenters. The normalized spacial score (nSPS) is 10.6. The van der Waals surface area contributed by atoms with Crippen molar-refractivity contribution in [3.8, 4) is 17.0 Å². The number of ether oxygens (including phenoxy) is 1. The minimum absolute atomic E-state index is 0.0791. The maximum atomic E-state index is 12.1. The van der Waals surface area contributed by atoms with Crippen molar-refractivity contribution in [3.63, 3.8) is 0 Å². The summed E-state index contributed by atoms with van der Waals surface area (Å²) in [5.41, 5.74) is 3.50. The van der Waals surface area contributed by atoms with Gasteiger partial charge in [0.25, 0.3) is 5.56 Å². The van der Waals surface area contributed by atoms with Gasteiger partial charge in [0, 0.05) is 18.2 Å². The van der Waals surface area contributed by atoms with Crippen LogP contribution in [0.2, 0.25) is 0 Å². The minimum atomic E-state index is -0.201. The van der Waals surface area contributed by atoms with E-state index in [1.165, 1.54) is 10.7 Å². The zero-order chi connectivity index (χ0) is 20.6. The van der Waals surface area contributed by atoms with E-state index in [9.17, 15) is 9.59 Å². The van der Waals surface area contributed by atoms with Gasteiger partial charge in [0.15, 0.2) is 0 Å². The van der Waals surface area contributed by atoms with Crippen LogP contribution in [0, 0.1) is 6.92 Å². The maximum Gasteiger partial charge on any atom is 0.266 e. The van der Waals surface area contributed by atoms with Crippen LogP contribution in [0.15, 0.2) is 65.5 Å². The molecule has 6 nitrogen and oxygen atoms in total. The molecule has 2 aromatic carbocycles. The molecule has 1 N–H and O–H groups in total. The maximum absolute atomic E-state index is 12.1. The molecular weight excluding hydrogens is 366 g/mol. The summed E-state index contributed by atoms with van der Waals surface area (Å²) in [6.07, 6.45) is 0.314. The van der Waals surface area contributed by atoms with Crippen molar-refractivity contribution in [1.29, 1.82) is 0 Å². The summed E-state index contributed by atoms with van der Waals surface area (Å²) in [5.74, 6) is 0.713. The quantitative estimate of drug-likeness (QED) is 0.641. The number of nitrogens with one attached hydrogen (secondary N) is 1. The van der Waals surface area contributed by atoms with Gasteiger partial charge in [-0.25, -0.2) is 4.68 Å². The van der Waals surface area contributed by atoms with Gasteiger partial charge < -0.3 is 10.1 Å². The minimum Gasteiger partial charge on any atom is -0.494 e. The van der Waals surface area contributed by atoms with Crippen molar-refractivity contribution in [1.82, 2.24) is 15.1 Å². The van der Waals surface area contributed by atoms with Crippen LogP contribution in [0.3, 0.4) is 0 Å². The second-order valence-corrected chi connectivity index (χ2v) is 6.75. The number of nitrogens with zero attached hydrogens (tertiary/aromatic N) is 2. The molecule has 0 saturated heterocycles. The number of hydrogen-bond acceptors (Lipinski definition) is 4. The number of carbonyl (C=O) groups excluding carboxylic acids is 1. The molecular formula is C23H25N3O3. The summed E-state index contributed by atoms with van der Waals surface area (Å²) in [6, 6.07) is 18.6. The number of rotatable bonds is 8. The van der Waals surface area contributed by atoms with Crippen molar-refractivity contribution < 1.29 is 9.53 Å². The highest BCUT2D eigenvalue weighted by Gasteiger charge is 2.06. The highest BCUT2D eigenvalue weighted by Crippen LogP contribution is 2.19. The lowest BCUT2D eigenvalue weighted by molar-refractivity contribution is -0.120. The number of carbonyl (C=O) groups is 1. The SMILES string of the molecule is CCOc1ccc(-c2ccc(=O)n(CCNC(=O)Cc3ccc(C)cc3)n2)cc1. The molecule has 0 aliphatic carbocycles. The fourth-order valence-corrected chi connectivity index (χ4v) is 2.91. The molecule has 150 valence electrons. The number of aryl methyl sites for hydroxylation is 1. The van der Waals surface area contributed by atoms with Gasteiger partial charge in [-0.05, 0) is 49.7 Å². The molecule has 0 spiro atoms. The highest BCUT2D eigenvalue weighted by molar-refractivity contribution is 5.78. The molecule has 3 aromatic rings. The van der Waals surface area contributed by atoms with Crippen LogP contribution in [0.5, 0.6) is 5.75 Å². The molecule has 1 aromatic heterocycles. The van der Waals surface area contributed by atoms with Crippen LogP contribution in [-0.4, -0.2) is 28.8 Å². The average Bonchev–Trinajstić information content (AvgIpc) is 2.72. The lowest BCUT2D eigenvalue weighted by Crippen LogP contribution is -2.32. The van der Waals surface area contributed by atoms with Crippen LogP contribution >= 0.6 is 0 Å². The van der Waals surface area contributed by atoms with E-state index in [0.717, 1.165) is 22.4 Å². The van der Waals surface area contributed by atoms with Crippen LogP contribution < -0.4 is 15.6 Å². The number of benzene rings is 2. The molecule has 0 saturated carbocycles. The van der Waals surface area contributed by atoms with Gasteiger partial charge in [0.05, 0.1) is 25.3 Å². The Kier molecular flexibility index (Phi) is 6.79. The first-order valence-electron chi connectivity index (χ1n) is 9.69. The van der Waals surface area contributed by atoms with Gasteiger partial charge in [0.2, 0.25) is 5.91 Å². The summed E-state index contributed by atoms with van der Waals surface area (Å²) in [7, 11) is 0. The third-order valence-electron chi connectivity index (χ3n) is 4.46. The topological polar surface area (TPSA) is 73.2 Å². The van der Waals surface area contributed by atoms with Gasteiger partial charge in [0.1, 0.15) is 5.75 Å². The predicted octanol–water partition coefficient (Wildman–Crippen LogP) is 2.98. The zero-order valence-electron chi connectivity index (χ0n) is 16.7. The molecule has 0 fully saturated rings. The number of amides is 1. The molecule has 0 radical (unpaired) electrons. The van der Waals surface area contributed by atoms with Crippen molar-refractivity contribution in [2.45, 2.75) is 26.8 Å². The Balaban J connectivity index is 1.59. The van der Waals surface area contributed by atoms with Crippen molar-refractivity contribution in [2.75, 3.05) is 13.2 Å². The molecule has 0 aliphatic rings. The van der Waals surface area contributed by atoms with E-state index >= 15 is 0 Å². The van der Waals surface area contributed by atoms with Crippen molar-refractivity contribution in [3.05, 3.63) is 82.1 Å². The Labute approximate surface area is 170 Å². The van der Waals surface area contributed by atoms with Crippen LogP contribution in [0.25, 0.3) is 11.3 Å². The van der Waals surface area contributed by atoms with Gasteiger partial charge >= 0.3 is 0 Å². The smallest absolute Gasteiger partial charge is 0.266 e. The van der Waals surface area contributed by atoms with Gasteiger partial charge in [-0.2, -0.15) is 5.10 Å². The standard InChI is InChI=1S/C23H25N3O3/c1-3-29-20-10-8-19(9-11-20)21-12-13-23(28)26(25-21)15-14-24-22(27)16-18-6-4-17(2)5-7-18/h4-13H,3,14-16H2,1-2H3,(H,24,27). The van der Waals surface area contributed by atoms with E-state index in [1.807, 2.05) is 62.4 Å². The zero-order valence-corrected chi connectivity index (χ0v) is 16.7. The molecule has 29 heavy (non-hydrogen) atoms. The summed E-state index contributed by atoms with van der Waals surface area (Å²) in [4.78, 5) is 24.2. The van der Waals surface area contributed by atoms with Crippen LogP contribution in [0.4, 0.5) is 0 Å². The first kappa shape index (κ1) is 20.3. The van der Waals surface area contributed by atoms with Gasteiger partial charge in [-0.15, -0.1) is 0 Å². The molecule has 6 heteroatoms. The van der Waals surface area contributed by atoms with E-state index in [-0.39, 0.29) is 11.5 Å². The largest absolute Gasteiger partial charge is 0.494 e. The molecule has 1 amide bonds. The molecule has 0 atom stereocenters. The number of hydrogen-bond donors (Lipinski definition) is 1. The summed E-state index contributed by atoms with van der Waals surface area (Å²) >= 11 is 0. The van der Waals surface area contributed by atoms with Crippen LogP contribution in [0.1, 0.15) is 18.1 Å². The molecule has 1 heterocycles. The predicted molar refractivity (Wildman–Crippen MR) is 113 cm³/mol. The fraction of sp³-hybridized carbons (Fsp3) is 0.261. The first-order chi connectivity index (χ1) is 14.0. The summed E-state index contributed by atoms with van der Waals surface area (Å²) in [6.45, 7) is 5.20.